The van der Waals surface area contributed by atoms with Gasteiger partial charge in [-0.1, -0.05) is 0 Å². The van der Waals surface area contributed by atoms with E-state index in [1.807, 2.05) is 49.0 Å². The summed E-state index contributed by atoms with van der Waals surface area (Å²) < 4.78 is 3.56. The Labute approximate surface area is 162 Å². The number of pyridine rings is 1. The fourth-order valence-corrected chi connectivity index (χ4v) is 3.12. The van der Waals surface area contributed by atoms with Crippen LogP contribution in [0.4, 0.5) is 0 Å². The number of aryl methyl sites for hydroxylation is 1. The molecule has 4 aromatic rings. The van der Waals surface area contributed by atoms with E-state index in [0.29, 0.717) is 18.5 Å². The van der Waals surface area contributed by atoms with Crippen LogP contribution in [0.1, 0.15) is 28.7 Å². The van der Waals surface area contributed by atoms with Crippen molar-refractivity contribution in [1.82, 2.24) is 34.7 Å². The first-order chi connectivity index (χ1) is 13.7. The van der Waals surface area contributed by atoms with Crippen molar-refractivity contribution in [2.45, 2.75) is 26.8 Å². The van der Waals surface area contributed by atoms with Gasteiger partial charge in [-0.25, -0.2) is 9.50 Å². The lowest BCUT2D eigenvalue weighted by molar-refractivity contribution is 0.0953. The highest BCUT2D eigenvalue weighted by Gasteiger charge is 2.13. The van der Waals surface area contributed by atoms with Gasteiger partial charge in [0, 0.05) is 55.4 Å². The molecule has 0 aliphatic carbocycles. The molecule has 0 fully saturated rings. The van der Waals surface area contributed by atoms with Crippen LogP contribution in [0.25, 0.3) is 16.9 Å². The van der Waals surface area contributed by atoms with Gasteiger partial charge < -0.3 is 5.32 Å². The number of nitrogens with one attached hydrogen (secondary N) is 1. The zero-order chi connectivity index (χ0) is 19.5. The van der Waals surface area contributed by atoms with Gasteiger partial charge >= 0.3 is 0 Å². The minimum atomic E-state index is -0.112. The third-order valence-corrected chi connectivity index (χ3v) is 4.67. The highest BCUT2D eigenvalue weighted by Crippen LogP contribution is 2.17. The summed E-state index contributed by atoms with van der Waals surface area (Å²) in [6.07, 6.45) is 7.63. The molecule has 8 nitrogen and oxygen atoms in total. The molecular weight excluding hydrogens is 354 g/mol. The summed E-state index contributed by atoms with van der Waals surface area (Å²) in [6, 6.07) is 7.72. The topological polar surface area (TPSA) is 90.0 Å². The van der Waals surface area contributed by atoms with E-state index in [1.54, 1.807) is 23.1 Å². The summed E-state index contributed by atoms with van der Waals surface area (Å²) in [6.45, 7) is 5.14. The van der Waals surface area contributed by atoms with E-state index in [-0.39, 0.29) is 5.91 Å². The first-order valence-electron chi connectivity index (χ1n) is 9.22. The molecule has 0 aliphatic rings. The number of carbonyl (C=O) groups is 1. The maximum Gasteiger partial charge on any atom is 0.254 e. The van der Waals surface area contributed by atoms with Crippen molar-refractivity contribution in [3.05, 3.63) is 66.0 Å². The van der Waals surface area contributed by atoms with Crippen LogP contribution in [0.15, 0.2) is 49.1 Å². The number of carbonyl (C=O) groups excluding carboxylic acids is 1. The van der Waals surface area contributed by atoms with Gasteiger partial charge in [-0.15, -0.1) is 0 Å². The van der Waals surface area contributed by atoms with E-state index < -0.39 is 0 Å². The van der Waals surface area contributed by atoms with Crippen LogP contribution < -0.4 is 5.32 Å². The fourth-order valence-electron chi connectivity index (χ4n) is 3.12. The molecule has 1 amide bonds. The number of aromatic nitrogens is 6. The third kappa shape index (κ3) is 3.48. The van der Waals surface area contributed by atoms with Crippen LogP contribution in [0.3, 0.4) is 0 Å². The molecule has 0 atom stereocenters. The van der Waals surface area contributed by atoms with E-state index in [1.165, 1.54) is 0 Å². The number of rotatable bonds is 6. The Morgan fingerprint density at radius 1 is 1.21 bits per heavy atom. The minimum absolute atomic E-state index is 0.112. The predicted molar refractivity (Wildman–Crippen MR) is 105 cm³/mol. The molecule has 4 aromatic heterocycles. The molecule has 0 radical (unpaired) electrons. The van der Waals surface area contributed by atoms with Crippen molar-refractivity contribution in [2.75, 3.05) is 6.54 Å². The highest BCUT2D eigenvalue weighted by atomic mass is 16.1. The monoisotopic (exact) mass is 375 g/mol. The van der Waals surface area contributed by atoms with Crippen molar-refractivity contribution in [2.24, 2.45) is 0 Å². The number of nitrogens with zero attached hydrogens (tertiary/aromatic N) is 6. The number of hydrogen-bond donors (Lipinski definition) is 1. The van der Waals surface area contributed by atoms with Crippen molar-refractivity contribution >= 4 is 11.6 Å². The first kappa shape index (κ1) is 17.8. The Bertz CT molecular complexity index is 1110. The first-order valence-corrected chi connectivity index (χ1v) is 9.22. The lowest BCUT2D eigenvalue weighted by Gasteiger charge is -2.04. The normalized spacial score (nSPS) is 11.1. The molecule has 0 unspecified atom stereocenters. The zero-order valence-electron chi connectivity index (χ0n) is 15.8. The molecule has 142 valence electrons. The number of hydrogen-bond acceptors (Lipinski definition) is 5. The SMILES string of the molecule is CCn1ncc(C(=O)NCCc2cc3nc(-c4ccncc4)ccn3n2)c1C. The van der Waals surface area contributed by atoms with Gasteiger partial charge in [0.1, 0.15) is 0 Å². The standard InChI is InChI=1S/C20H21N7O/c1-3-26-14(2)17(13-23-26)20(28)22-10-6-16-12-19-24-18(7-11-27(19)25-16)15-4-8-21-9-5-15/h4-5,7-9,11-13H,3,6,10H2,1-2H3,(H,22,28). The highest BCUT2D eigenvalue weighted by molar-refractivity contribution is 5.95. The van der Waals surface area contributed by atoms with Gasteiger partial charge in [-0.05, 0) is 32.0 Å². The molecule has 4 rings (SSSR count). The summed E-state index contributed by atoms with van der Waals surface area (Å²) in [4.78, 5) is 21.0. The van der Waals surface area contributed by atoms with Gasteiger partial charge in [0.15, 0.2) is 5.65 Å². The molecule has 0 aliphatic heterocycles. The molecule has 8 heteroatoms. The van der Waals surface area contributed by atoms with Crippen LogP contribution in [0.5, 0.6) is 0 Å². The van der Waals surface area contributed by atoms with E-state index in [2.05, 4.69) is 25.5 Å². The van der Waals surface area contributed by atoms with Crippen LogP contribution in [0, 0.1) is 6.92 Å². The Morgan fingerprint density at radius 2 is 2.04 bits per heavy atom. The van der Waals surface area contributed by atoms with Crippen molar-refractivity contribution in [1.29, 1.82) is 0 Å². The second-order valence-corrected chi connectivity index (χ2v) is 6.45. The fraction of sp³-hybridized carbons (Fsp3) is 0.250. The maximum absolute atomic E-state index is 12.4. The van der Waals surface area contributed by atoms with E-state index >= 15 is 0 Å². The number of amides is 1. The second kappa shape index (κ2) is 7.59. The largest absolute Gasteiger partial charge is 0.352 e. The second-order valence-electron chi connectivity index (χ2n) is 6.45. The van der Waals surface area contributed by atoms with Crippen LogP contribution >= 0.6 is 0 Å². The minimum Gasteiger partial charge on any atom is -0.352 e. The molecule has 0 bridgehead atoms. The summed E-state index contributed by atoms with van der Waals surface area (Å²) in [5, 5.41) is 11.7. The zero-order valence-corrected chi connectivity index (χ0v) is 15.8. The molecule has 0 saturated carbocycles. The van der Waals surface area contributed by atoms with Crippen LogP contribution in [-0.4, -0.2) is 41.8 Å². The van der Waals surface area contributed by atoms with Crippen molar-refractivity contribution in [3.63, 3.8) is 0 Å². The van der Waals surface area contributed by atoms with Crippen LogP contribution in [0.2, 0.25) is 0 Å². The molecule has 0 aromatic carbocycles. The van der Waals surface area contributed by atoms with E-state index in [9.17, 15) is 4.79 Å². The molecule has 0 spiro atoms. The quantitative estimate of drug-likeness (QED) is 0.558. The van der Waals surface area contributed by atoms with Crippen molar-refractivity contribution < 1.29 is 4.79 Å². The van der Waals surface area contributed by atoms with Gasteiger partial charge in [0.2, 0.25) is 0 Å². The summed E-state index contributed by atoms with van der Waals surface area (Å²) >= 11 is 0. The van der Waals surface area contributed by atoms with Gasteiger partial charge in [-0.3, -0.25) is 14.5 Å². The van der Waals surface area contributed by atoms with Gasteiger partial charge in [0.25, 0.3) is 5.91 Å². The Hall–Kier alpha value is -3.55. The Kier molecular flexibility index (Phi) is 4.84. The van der Waals surface area contributed by atoms with E-state index in [0.717, 1.165) is 34.8 Å². The molecule has 28 heavy (non-hydrogen) atoms. The third-order valence-electron chi connectivity index (χ3n) is 4.67. The van der Waals surface area contributed by atoms with Crippen LogP contribution in [-0.2, 0) is 13.0 Å². The summed E-state index contributed by atoms with van der Waals surface area (Å²) in [5.41, 5.74) is 5.02. The average molecular weight is 375 g/mol. The molecule has 0 saturated heterocycles. The van der Waals surface area contributed by atoms with E-state index in [4.69, 9.17) is 0 Å². The van der Waals surface area contributed by atoms with Gasteiger partial charge in [-0.2, -0.15) is 10.2 Å². The van der Waals surface area contributed by atoms with Gasteiger partial charge in [0.05, 0.1) is 23.1 Å². The Balaban J connectivity index is 1.42. The summed E-state index contributed by atoms with van der Waals surface area (Å²) in [7, 11) is 0. The molecule has 1 N–H and O–H groups in total. The lowest BCUT2D eigenvalue weighted by Crippen LogP contribution is -2.26. The lowest BCUT2D eigenvalue weighted by atomic mass is 10.2. The average Bonchev–Trinajstić information content (AvgIpc) is 3.30. The smallest absolute Gasteiger partial charge is 0.254 e. The van der Waals surface area contributed by atoms with Crippen molar-refractivity contribution in [3.8, 4) is 11.3 Å². The molecular formula is C20H21N7O. The predicted octanol–water partition coefficient (Wildman–Crippen LogP) is 2.29. The molecule has 4 heterocycles. The summed E-state index contributed by atoms with van der Waals surface area (Å²) in [5.74, 6) is -0.112. The maximum atomic E-state index is 12.4. The Morgan fingerprint density at radius 3 is 2.79 bits per heavy atom. The number of fused-ring (bicyclic) bond motifs is 1.